The topological polar surface area (TPSA) is 188 Å². The van der Waals surface area contributed by atoms with Crippen molar-refractivity contribution in [3.63, 3.8) is 0 Å². The number of fused-ring (bicyclic) bond motifs is 1. The maximum Gasteiger partial charge on any atom is 0.200 e. The molecule has 4 rings (SSSR count). The summed E-state index contributed by atoms with van der Waals surface area (Å²) in [5.74, 6) is -5.67. The van der Waals surface area contributed by atoms with E-state index in [1.807, 2.05) is 0 Å². The zero-order chi connectivity index (χ0) is 24.0. The first-order chi connectivity index (χ1) is 15.5. The maximum atomic E-state index is 12.9. The van der Waals surface area contributed by atoms with Crippen LogP contribution in [0.5, 0.6) is 51.7 Å². The number of aromatic hydroxyl groups is 8. The van der Waals surface area contributed by atoms with Gasteiger partial charge in [-0.2, -0.15) is 0 Å². The van der Waals surface area contributed by atoms with Crippen LogP contribution in [-0.2, 0) is 6.42 Å². The molecular formula is C23H20O10. The first-order valence-electron chi connectivity index (χ1n) is 9.79. The Morgan fingerprint density at radius 1 is 0.758 bits per heavy atom. The van der Waals surface area contributed by atoms with Crippen molar-refractivity contribution in [2.75, 3.05) is 0 Å². The molecule has 0 aromatic heterocycles. The molecule has 3 aromatic carbocycles. The second-order valence-electron chi connectivity index (χ2n) is 7.84. The van der Waals surface area contributed by atoms with Gasteiger partial charge in [0.05, 0.1) is 0 Å². The number of hydrogen-bond acceptors (Lipinski definition) is 10. The van der Waals surface area contributed by atoms with Crippen LogP contribution in [0, 0.1) is 5.92 Å². The molecule has 0 spiro atoms. The average Bonchev–Trinajstić information content (AvgIpc) is 2.75. The zero-order valence-electron chi connectivity index (χ0n) is 16.9. The van der Waals surface area contributed by atoms with Gasteiger partial charge in [-0.05, 0) is 30.7 Å². The van der Waals surface area contributed by atoms with Crippen LogP contribution in [0.1, 0.15) is 34.0 Å². The predicted molar refractivity (Wildman–Crippen MR) is 112 cm³/mol. The monoisotopic (exact) mass is 456 g/mol. The number of Topliss-reactive ketones (excluding diaryl/α,β-unsaturated/α-hetero) is 1. The van der Waals surface area contributed by atoms with Crippen LogP contribution in [0.25, 0.3) is 0 Å². The van der Waals surface area contributed by atoms with E-state index in [-0.39, 0.29) is 41.2 Å². The summed E-state index contributed by atoms with van der Waals surface area (Å²) in [6.45, 7) is 0. The summed E-state index contributed by atoms with van der Waals surface area (Å²) in [5.41, 5.74) is 0.453. The van der Waals surface area contributed by atoms with Crippen LogP contribution >= 0.6 is 0 Å². The molecule has 8 N–H and O–H groups in total. The number of phenols is 8. The molecule has 172 valence electrons. The van der Waals surface area contributed by atoms with Gasteiger partial charge in [0, 0.05) is 41.2 Å². The van der Waals surface area contributed by atoms with Crippen molar-refractivity contribution in [1.29, 1.82) is 0 Å². The molecule has 0 bridgehead atoms. The Morgan fingerprint density at radius 2 is 1.30 bits per heavy atom. The lowest BCUT2D eigenvalue weighted by atomic mass is 9.82. The third kappa shape index (κ3) is 3.93. The van der Waals surface area contributed by atoms with E-state index in [0.29, 0.717) is 5.56 Å². The Hall–Kier alpha value is -4.47. The Kier molecular flexibility index (Phi) is 5.21. The molecule has 1 aliphatic heterocycles. The molecular weight excluding hydrogens is 436 g/mol. The van der Waals surface area contributed by atoms with Crippen molar-refractivity contribution in [2.24, 2.45) is 5.92 Å². The van der Waals surface area contributed by atoms with Gasteiger partial charge < -0.3 is 45.6 Å². The van der Waals surface area contributed by atoms with Crippen molar-refractivity contribution >= 4 is 5.78 Å². The number of hydrogen-bond donors (Lipinski definition) is 8. The van der Waals surface area contributed by atoms with Gasteiger partial charge >= 0.3 is 0 Å². The molecule has 10 heteroatoms. The van der Waals surface area contributed by atoms with E-state index in [1.165, 1.54) is 6.07 Å². The minimum absolute atomic E-state index is 0.0846. The lowest BCUT2D eigenvalue weighted by molar-refractivity contribution is 0.0796. The summed E-state index contributed by atoms with van der Waals surface area (Å²) in [7, 11) is 0. The minimum Gasteiger partial charge on any atom is -0.508 e. The van der Waals surface area contributed by atoms with Crippen LogP contribution in [0.15, 0.2) is 36.4 Å². The second kappa shape index (κ2) is 7.90. The second-order valence-corrected chi connectivity index (χ2v) is 7.84. The highest BCUT2D eigenvalue weighted by Gasteiger charge is 2.36. The summed E-state index contributed by atoms with van der Waals surface area (Å²) >= 11 is 0. The molecule has 2 atom stereocenters. The van der Waals surface area contributed by atoms with Crippen LogP contribution in [-0.4, -0.2) is 46.6 Å². The molecule has 0 unspecified atom stereocenters. The maximum absolute atomic E-state index is 12.9. The van der Waals surface area contributed by atoms with E-state index in [2.05, 4.69) is 0 Å². The van der Waals surface area contributed by atoms with E-state index in [4.69, 9.17) is 4.74 Å². The summed E-state index contributed by atoms with van der Waals surface area (Å²) in [4.78, 5) is 12.9. The van der Waals surface area contributed by atoms with E-state index >= 15 is 0 Å². The number of ketones is 1. The normalized spacial score (nSPS) is 17.2. The SMILES string of the molecule is O=C(C[C@@H]1Cc2c(O)cc(O)cc2O[C@@H]1c1cc(O)c(O)c(O)c1)c1cc(O)c(O)c(O)c1. The smallest absolute Gasteiger partial charge is 0.200 e. The van der Waals surface area contributed by atoms with Gasteiger partial charge in [-0.1, -0.05) is 0 Å². The highest BCUT2D eigenvalue weighted by molar-refractivity contribution is 5.97. The number of phenolic OH excluding ortho intramolecular Hbond substituents is 8. The molecule has 0 amide bonds. The molecule has 3 aromatic rings. The van der Waals surface area contributed by atoms with E-state index in [9.17, 15) is 45.6 Å². The fourth-order valence-electron chi connectivity index (χ4n) is 3.96. The van der Waals surface area contributed by atoms with E-state index < -0.39 is 52.3 Å². The number of carbonyl (C=O) groups is 1. The van der Waals surface area contributed by atoms with Crippen LogP contribution in [0.4, 0.5) is 0 Å². The van der Waals surface area contributed by atoms with Gasteiger partial charge in [0.15, 0.2) is 40.3 Å². The standard InChI is InChI=1S/C23H20O10/c24-12-7-15(26)13-1-10(4-14(25)9-2-16(27)21(31)17(28)3-9)23(33-20(13)8-12)11-5-18(29)22(32)19(30)6-11/h2-3,5-8,10,23-24,26-32H,1,4H2/t10-,23-/m0/s1. The van der Waals surface area contributed by atoms with Crippen molar-refractivity contribution < 1.29 is 50.4 Å². The fourth-order valence-corrected chi connectivity index (χ4v) is 3.96. The van der Waals surface area contributed by atoms with Crippen molar-refractivity contribution in [1.82, 2.24) is 0 Å². The Morgan fingerprint density at radius 3 is 1.88 bits per heavy atom. The van der Waals surface area contributed by atoms with Gasteiger partial charge in [-0.25, -0.2) is 0 Å². The molecule has 0 saturated carbocycles. The van der Waals surface area contributed by atoms with Crippen LogP contribution in [0.3, 0.4) is 0 Å². The predicted octanol–water partition coefficient (Wildman–Crippen LogP) is 2.90. The molecule has 33 heavy (non-hydrogen) atoms. The summed E-state index contributed by atoms with van der Waals surface area (Å²) in [6, 6.07) is 6.70. The summed E-state index contributed by atoms with van der Waals surface area (Å²) in [6.07, 6.45) is -1.09. The molecule has 0 aliphatic carbocycles. The van der Waals surface area contributed by atoms with Gasteiger partial charge in [0.1, 0.15) is 23.4 Å². The first-order valence-corrected chi connectivity index (χ1v) is 9.79. The molecule has 0 fully saturated rings. The third-order valence-electron chi connectivity index (χ3n) is 5.58. The Bertz CT molecular complexity index is 1220. The Labute approximate surface area is 186 Å². The molecule has 10 nitrogen and oxygen atoms in total. The Balaban J connectivity index is 1.75. The van der Waals surface area contributed by atoms with Gasteiger partial charge in [0.2, 0.25) is 0 Å². The third-order valence-corrected chi connectivity index (χ3v) is 5.58. The van der Waals surface area contributed by atoms with E-state index in [1.54, 1.807) is 0 Å². The van der Waals surface area contributed by atoms with Crippen molar-refractivity contribution in [3.8, 4) is 51.7 Å². The minimum atomic E-state index is -0.959. The molecule has 1 heterocycles. The number of ether oxygens (including phenoxy) is 1. The van der Waals surface area contributed by atoms with Gasteiger partial charge in [0.25, 0.3) is 0 Å². The van der Waals surface area contributed by atoms with Gasteiger partial charge in [-0.15, -0.1) is 0 Å². The lowest BCUT2D eigenvalue weighted by Gasteiger charge is -2.34. The number of benzene rings is 3. The van der Waals surface area contributed by atoms with Crippen molar-refractivity contribution in [2.45, 2.75) is 18.9 Å². The first kappa shape index (κ1) is 21.8. The van der Waals surface area contributed by atoms with E-state index in [0.717, 1.165) is 30.3 Å². The largest absolute Gasteiger partial charge is 0.508 e. The highest BCUT2D eigenvalue weighted by atomic mass is 16.5. The number of carbonyl (C=O) groups excluding carboxylic acids is 1. The van der Waals surface area contributed by atoms with Crippen molar-refractivity contribution in [3.05, 3.63) is 53.1 Å². The summed E-state index contributed by atoms with van der Waals surface area (Å²) < 4.78 is 5.93. The quantitative estimate of drug-likeness (QED) is 0.214. The zero-order valence-corrected chi connectivity index (χ0v) is 16.9. The van der Waals surface area contributed by atoms with Crippen LogP contribution < -0.4 is 4.74 Å². The lowest BCUT2D eigenvalue weighted by Crippen LogP contribution is -2.28. The highest BCUT2D eigenvalue weighted by Crippen LogP contribution is 2.48. The summed E-state index contributed by atoms with van der Waals surface area (Å²) in [5, 5.41) is 78.6. The average molecular weight is 456 g/mol. The molecule has 0 radical (unpaired) electrons. The van der Waals surface area contributed by atoms with Gasteiger partial charge in [-0.3, -0.25) is 4.79 Å². The number of rotatable bonds is 4. The fraction of sp³-hybridized carbons (Fsp3) is 0.174. The van der Waals surface area contributed by atoms with Crippen LogP contribution in [0.2, 0.25) is 0 Å². The molecule has 0 saturated heterocycles. The molecule has 1 aliphatic rings.